The van der Waals surface area contributed by atoms with E-state index in [-0.39, 0.29) is 29.4 Å². The normalized spacial score (nSPS) is 26.5. The number of fused-ring (bicyclic) bond motifs is 1. The molecule has 0 aromatic heterocycles. The maximum atomic E-state index is 14.0. The van der Waals surface area contributed by atoms with Crippen molar-refractivity contribution in [3.8, 4) is 0 Å². The van der Waals surface area contributed by atoms with Crippen LogP contribution in [0.1, 0.15) is 93.4 Å². The average molecular weight is 522 g/mol. The predicted molar refractivity (Wildman–Crippen MR) is 140 cm³/mol. The number of aliphatic hydroxyl groups excluding tert-OH is 1. The summed E-state index contributed by atoms with van der Waals surface area (Å²) in [6.07, 6.45) is 4.56. The van der Waals surface area contributed by atoms with E-state index in [9.17, 15) is 24.3 Å². The SMILES string of the molecule is CC(=O)C(O)C(CC1CCC1)NC(=O)[C@@H]1[C@H]2CCC[C@H]2CN1C(=O)[C@@H](NC(=O)OC(C)(C)C)C(C)(C)C. The first-order chi connectivity index (χ1) is 17.1. The molecule has 0 aromatic carbocycles. The van der Waals surface area contributed by atoms with Gasteiger partial charge >= 0.3 is 6.09 Å². The van der Waals surface area contributed by atoms with Crippen LogP contribution in [0.15, 0.2) is 0 Å². The van der Waals surface area contributed by atoms with Gasteiger partial charge in [-0.15, -0.1) is 0 Å². The summed E-state index contributed by atoms with van der Waals surface area (Å²) >= 11 is 0. The summed E-state index contributed by atoms with van der Waals surface area (Å²) < 4.78 is 5.42. The van der Waals surface area contributed by atoms with Gasteiger partial charge < -0.3 is 25.4 Å². The second-order valence-corrected chi connectivity index (χ2v) is 13.4. The number of rotatable bonds is 8. The number of nitrogens with one attached hydrogen (secondary N) is 2. The van der Waals surface area contributed by atoms with Crippen LogP contribution in [-0.4, -0.2) is 70.1 Å². The largest absolute Gasteiger partial charge is 0.444 e. The lowest BCUT2D eigenvalue weighted by Crippen LogP contribution is -2.60. The quantitative estimate of drug-likeness (QED) is 0.451. The molecule has 37 heavy (non-hydrogen) atoms. The van der Waals surface area contributed by atoms with Crippen molar-refractivity contribution in [3.05, 3.63) is 0 Å². The fourth-order valence-electron chi connectivity index (χ4n) is 6.01. The third-order valence-corrected chi connectivity index (χ3v) is 8.15. The van der Waals surface area contributed by atoms with Gasteiger partial charge in [0, 0.05) is 6.54 Å². The smallest absolute Gasteiger partial charge is 0.408 e. The van der Waals surface area contributed by atoms with Gasteiger partial charge in [-0.25, -0.2) is 4.79 Å². The zero-order chi connectivity index (χ0) is 27.7. The number of carbonyl (C=O) groups is 4. The second kappa shape index (κ2) is 11.3. The number of Topliss-reactive ketones (excluding diaryl/α,β-unsaturated/α-hetero) is 1. The Hall–Kier alpha value is -2.16. The molecule has 9 heteroatoms. The van der Waals surface area contributed by atoms with Crippen LogP contribution in [-0.2, 0) is 19.1 Å². The maximum Gasteiger partial charge on any atom is 0.408 e. The summed E-state index contributed by atoms with van der Waals surface area (Å²) in [6.45, 7) is 12.7. The number of likely N-dealkylation sites (tertiary alicyclic amines) is 1. The minimum atomic E-state index is -1.27. The summed E-state index contributed by atoms with van der Waals surface area (Å²) in [5.74, 6) is -0.400. The Labute approximate surface area is 221 Å². The van der Waals surface area contributed by atoms with E-state index < -0.39 is 41.3 Å². The minimum absolute atomic E-state index is 0.0184. The fourth-order valence-corrected chi connectivity index (χ4v) is 6.01. The third kappa shape index (κ3) is 7.24. The Morgan fingerprint density at radius 1 is 0.973 bits per heavy atom. The summed E-state index contributed by atoms with van der Waals surface area (Å²) in [4.78, 5) is 54.0. The van der Waals surface area contributed by atoms with E-state index in [0.717, 1.165) is 38.5 Å². The highest BCUT2D eigenvalue weighted by Gasteiger charge is 2.52. The first kappa shape index (κ1) is 29.4. The molecular weight excluding hydrogens is 474 g/mol. The van der Waals surface area contributed by atoms with Crippen LogP contribution in [0, 0.1) is 23.2 Å². The lowest BCUT2D eigenvalue weighted by molar-refractivity contribution is -0.144. The van der Waals surface area contributed by atoms with E-state index in [1.165, 1.54) is 6.92 Å². The van der Waals surface area contributed by atoms with Gasteiger partial charge in [-0.05, 0) is 70.1 Å². The maximum absolute atomic E-state index is 14.0. The summed E-state index contributed by atoms with van der Waals surface area (Å²) in [5.41, 5.74) is -1.33. The summed E-state index contributed by atoms with van der Waals surface area (Å²) in [5, 5.41) is 16.3. The number of aliphatic hydroxyl groups is 1. The highest BCUT2D eigenvalue weighted by molar-refractivity contribution is 5.93. The monoisotopic (exact) mass is 521 g/mol. The first-order valence-electron chi connectivity index (χ1n) is 13.9. The van der Waals surface area contributed by atoms with Gasteiger partial charge in [0.25, 0.3) is 0 Å². The zero-order valence-electron chi connectivity index (χ0n) is 23.6. The van der Waals surface area contributed by atoms with Crippen LogP contribution in [0.5, 0.6) is 0 Å². The van der Waals surface area contributed by atoms with E-state index in [4.69, 9.17) is 4.74 Å². The molecule has 2 saturated carbocycles. The third-order valence-electron chi connectivity index (χ3n) is 8.15. The van der Waals surface area contributed by atoms with Crippen molar-refractivity contribution >= 4 is 23.7 Å². The van der Waals surface area contributed by atoms with Gasteiger partial charge in [0.2, 0.25) is 11.8 Å². The molecule has 1 aliphatic heterocycles. The Balaban J connectivity index is 1.83. The Morgan fingerprint density at radius 3 is 2.11 bits per heavy atom. The van der Waals surface area contributed by atoms with Crippen molar-refractivity contribution in [2.24, 2.45) is 23.2 Å². The Bertz CT molecular complexity index is 872. The predicted octanol–water partition coefficient (Wildman–Crippen LogP) is 3.18. The van der Waals surface area contributed by atoms with Crippen LogP contribution in [0.25, 0.3) is 0 Å². The van der Waals surface area contributed by atoms with E-state index >= 15 is 0 Å². The van der Waals surface area contributed by atoms with Gasteiger partial charge in [0.15, 0.2) is 5.78 Å². The zero-order valence-corrected chi connectivity index (χ0v) is 23.6. The number of carbonyl (C=O) groups excluding carboxylic acids is 4. The molecule has 1 heterocycles. The van der Waals surface area contributed by atoms with Crippen LogP contribution in [0.4, 0.5) is 4.79 Å². The number of amides is 3. The molecule has 6 atom stereocenters. The summed E-state index contributed by atoms with van der Waals surface area (Å²) in [6, 6.07) is -2.26. The lowest BCUT2D eigenvalue weighted by atomic mass is 9.79. The van der Waals surface area contributed by atoms with Crippen molar-refractivity contribution in [3.63, 3.8) is 0 Å². The second-order valence-electron chi connectivity index (χ2n) is 13.4. The molecule has 3 aliphatic rings. The Kier molecular flexibility index (Phi) is 8.97. The Morgan fingerprint density at radius 2 is 1.59 bits per heavy atom. The molecule has 3 N–H and O–H groups in total. The van der Waals surface area contributed by atoms with Crippen molar-refractivity contribution < 1.29 is 29.0 Å². The van der Waals surface area contributed by atoms with Crippen LogP contribution in [0.3, 0.4) is 0 Å². The van der Waals surface area contributed by atoms with Gasteiger partial charge in [-0.3, -0.25) is 14.4 Å². The van der Waals surface area contributed by atoms with E-state index in [1.54, 1.807) is 25.7 Å². The molecule has 2 aliphatic carbocycles. The van der Waals surface area contributed by atoms with E-state index in [0.29, 0.717) is 18.9 Å². The highest BCUT2D eigenvalue weighted by Crippen LogP contribution is 2.43. The van der Waals surface area contributed by atoms with Crippen molar-refractivity contribution in [1.82, 2.24) is 15.5 Å². The standard InChI is InChI=1S/C28H47N3O6/c1-16(32)22(33)20(14-17-10-8-11-17)29-24(34)21-19-13-9-12-18(19)15-31(21)25(35)23(27(2,3)4)30-26(36)37-28(5,6)7/h17-23,33H,8-15H2,1-7H3,(H,29,34)(H,30,36)/t18-,19-,20?,21-,22?,23+/m0/s1. The van der Waals surface area contributed by atoms with E-state index in [2.05, 4.69) is 10.6 Å². The fraction of sp³-hybridized carbons (Fsp3) is 0.857. The van der Waals surface area contributed by atoms with Crippen molar-refractivity contribution in [2.75, 3.05) is 6.54 Å². The molecule has 0 bridgehead atoms. The topological polar surface area (TPSA) is 125 Å². The highest BCUT2D eigenvalue weighted by atomic mass is 16.6. The van der Waals surface area contributed by atoms with Gasteiger partial charge in [0.1, 0.15) is 23.8 Å². The van der Waals surface area contributed by atoms with Crippen molar-refractivity contribution in [2.45, 2.75) is 123 Å². The van der Waals surface area contributed by atoms with Crippen LogP contribution < -0.4 is 10.6 Å². The molecule has 0 spiro atoms. The molecule has 3 fully saturated rings. The number of hydrogen-bond acceptors (Lipinski definition) is 6. The molecule has 0 radical (unpaired) electrons. The molecule has 2 unspecified atom stereocenters. The van der Waals surface area contributed by atoms with Gasteiger partial charge in [-0.1, -0.05) is 46.5 Å². The molecule has 1 saturated heterocycles. The van der Waals surface area contributed by atoms with Crippen molar-refractivity contribution in [1.29, 1.82) is 0 Å². The summed E-state index contributed by atoms with van der Waals surface area (Å²) in [7, 11) is 0. The van der Waals surface area contributed by atoms with Gasteiger partial charge in [0.05, 0.1) is 6.04 Å². The first-order valence-corrected chi connectivity index (χ1v) is 13.9. The van der Waals surface area contributed by atoms with Crippen LogP contribution in [0.2, 0.25) is 0 Å². The number of nitrogens with zero attached hydrogens (tertiary/aromatic N) is 1. The lowest BCUT2D eigenvalue weighted by Gasteiger charge is -2.37. The number of alkyl carbamates (subject to hydrolysis) is 1. The molecule has 0 aromatic rings. The average Bonchev–Trinajstić information content (AvgIpc) is 3.31. The van der Waals surface area contributed by atoms with Crippen LogP contribution >= 0.6 is 0 Å². The number of hydrogen-bond donors (Lipinski definition) is 3. The molecular formula is C28H47N3O6. The minimum Gasteiger partial charge on any atom is -0.444 e. The number of ether oxygens (including phenoxy) is 1. The van der Waals surface area contributed by atoms with Gasteiger partial charge in [-0.2, -0.15) is 0 Å². The molecule has 3 rings (SSSR count). The molecule has 210 valence electrons. The molecule has 9 nitrogen and oxygen atoms in total. The van der Waals surface area contributed by atoms with E-state index in [1.807, 2.05) is 20.8 Å². The number of ketones is 1. The molecule has 3 amide bonds.